The molecule has 8 heteroatoms. The smallest absolute Gasteiger partial charge is 0.380 e. The van der Waals surface area contributed by atoms with Gasteiger partial charge in [-0.3, -0.25) is 9.48 Å². The molecule has 0 saturated heterocycles. The molecule has 3 N–H and O–H groups in total. The van der Waals surface area contributed by atoms with E-state index in [1.807, 2.05) is 0 Å². The van der Waals surface area contributed by atoms with Gasteiger partial charge in [-0.05, 0) is 25.7 Å². The van der Waals surface area contributed by atoms with Crippen LogP contribution in [-0.2, 0) is 11.3 Å². The molecule has 1 amide bonds. The minimum Gasteiger partial charge on any atom is -0.380 e. The highest BCUT2D eigenvalue weighted by Crippen LogP contribution is 2.38. The average Bonchev–Trinajstić information content (AvgIpc) is 2.75. The van der Waals surface area contributed by atoms with Gasteiger partial charge in [0.15, 0.2) is 0 Å². The van der Waals surface area contributed by atoms with Gasteiger partial charge in [0, 0.05) is 12.2 Å². The summed E-state index contributed by atoms with van der Waals surface area (Å²) in [6.07, 6.45) is 0.334. The largest absolute Gasteiger partial charge is 0.391 e. The lowest BCUT2D eigenvalue weighted by molar-refractivity contribution is -0.182. The summed E-state index contributed by atoms with van der Waals surface area (Å²) >= 11 is 0. The van der Waals surface area contributed by atoms with Crippen molar-refractivity contribution in [1.29, 1.82) is 0 Å². The minimum atomic E-state index is -4.09. The summed E-state index contributed by atoms with van der Waals surface area (Å²) in [7, 11) is 0. The van der Waals surface area contributed by atoms with Gasteiger partial charge >= 0.3 is 6.18 Å². The number of alkyl halides is 3. The number of hydrogen-bond donors (Lipinski definition) is 2. The van der Waals surface area contributed by atoms with Crippen molar-refractivity contribution in [3.05, 3.63) is 12.4 Å². The first-order valence-electron chi connectivity index (χ1n) is 6.48. The van der Waals surface area contributed by atoms with E-state index < -0.39 is 18.0 Å². The Morgan fingerprint density at radius 3 is 2.60 bits per heavy atom. The maximum absolute atomic E-state index is 12.5. The van der Waals surface area contributed by atoms with Crippen molar-refractivity contribution in [2.75, 3.05) is 5.32 Å². The van der Waals surface area contributed by atoms with E-state index in [4.69, 9.17) is 5.73 Å². The fourth-order valence-electron chi connectivity index (χ4n) is 2.49. The Hall–Kier alpha value is -1.73. The van der Waals surface area contributed by atoms with E-state index in [9.17, 15) is 18.0 Å². The fourth-order valence-corrected chi connectivity index (χ4v) is 2.49. The summed E-state index contributed by atoms with van der Waals surface area (Å²) in [5, 5.41) is 7.09. The van der Waals surface area contributed by atoms with Crippen LogP contribution in [0.15, 0.2) is 12.4 Å². The van der Waals surface area contributed by atoms with Gasteiger partial charge in [-0.1, -0.05) is 0 Å². The first-order chi connectivity index (χ1) is 9.34. The van der Waals surface area contributed by atoms with E-state index >= 15 is 0 Å². The van der Waals surface area contributed by atoms with Gasteiger partial charge in [0.1, 0.15) is 6.54 Å². The standard InChI is InChI=1S/C12H17F3N4O/c13-12(14,15)8-1-3-9(4-2-8)18-10-5-17-19(6-10)7-11(16)20/h5-6,8-9,18H,1-4,7H2,(H2,16,20). The first-order valence-corrected chi connectivity index (χ1v) is 6.48. The van der Waals surface area contributed by atoms with Gasteiger partial charge < -0.3 is 11.1 Å². The van der Waals surface area contributed by atoms with Crippen LogP contribution in [-0.4, -0.2) is 27.9 Å². The first kappa shape index (κ1) is 14.7. The van der Waals surface area contributed by atoms with Crippen LogP contribution in [0.1, 0.15) is 25.7 Å². The minimum absolute atomic E-state index is 0.0114. The van der Waals surface area contributed by atoms with Crippen molar-refractivity contribution < 1.29 is 18.0 Å². The second-order valence-corrected chi connectivity index (χ2v) is 5.13. The van der Waals surface area contributed by atoms with Crippen LogP contribution in [0.5, 0.6) is 0 Å². The number of primary amides is 1. The van der Waals surface area contributed by atoms with Gasteiger partial charge in [-0.25, -0.2) is 0 Å². The molecule has 1 saturated carbocycles. The number of nitrogens with zero attached hydrogens (tertiary/aromatic N) is 2. The maximum atomic E-state index is 12.5. The Balaban J connectivity index is 1.83. The highest BCUT2D eigenvalue weighted by molar-refractivity contribution is 5.73. The molecule has 2 rings (SSSR count). The van der Waals surface area contributed by atoms with E-state index in [0.29, 0.717) is 18.5 Å². The number of nitrogens with two attached hydrogens (primary N) is 1. The third-order valence-electron chi connectivity index (χ3n) is 3.51. The number of hydrogen-bond acceptors (Lipinski definition) is 3. The molecule has 1 aliphatic carbocycles. The molecule has 1 fully saturated rings. The second kappa shape index (κ2) is 5.72. The number of amides is 1. The number of halogens is 3. The normalized spacial score (nSPS) is 23.6. The van der Waals surface area contributed by atoms with Crippen molar-refractivity contribution in [2.45, 2.75) is 44.4 Å². The summed E-state index contributed by atoms with van der Waals surface area (Å²) < 4.78 is 39.0. The third kappa shape index (κ3) is 3.88. The predicted molar refractivity (Wildman–Crippen MR) is 66.8 cm³/mol. The van der Waals surface area contributed by atoms with Crippen molar-refractivity contribution in [3.8, 4) is 0 Å². The lowest BCUT2D eigenvalue weighted by Crippen LogP contribution is -2.32. The fraction of sp³-hybridized carbons (Fsp3) is 0.667. The summed E-state index contributed by atoms with van der Waals surface area (Å²) in [5.41, 5.74) is 5.74. The third-order valence-corrected chi connectivity index (χ3v) is 3.51. The number of anilines is 1. The van der Waals surface area contributed by atoms with E-state index in [1.165, 1.54) is 4.68 Å². The molecule has 1 aromatic heterocycles. The molecule has 0 spiro atoms. The molecule has 1 aliphatic rings. The van der Waals surface area contributed by atoms with Crippen molar-refractivity contribution in [1.82, 2.24) is 9.78 Å². The second-order valence-electron chi connectivity index (χ2n) is 5.13. The van der Waals surface area contributed by atoms with Gasteiger partial charge in [-0.2, -0.15) is 18.3 Å². The quantitative estimate of drug-likeness (QED) is 0.889. The Kier molecular flexibility index (Phi) is 4.20. The van der Waals surface area contributed by atoms with Gasteiger partial charge in [0.2, 0.25) is 5.91 Å². The molecule has 1 heterocycles. The lowest BCUT2D eigenvalue weighted by atomic mass is 9.85. The topological polar surface area (TPSA) is 72.9 Å². The summed E-state index contributed by atoms with van der Waals surface area (Å²) in [5.74, 6) is -1.68. The van der Waals surface area contributed by atoms with Crippen LogP contribution in [0.2, 0.25) is 0 Å². The van der Waals surface area contributed by atoms with Gasteiger partial charge in [0.25, 0.3) is 0 Å². The SMILES string of the molecule is NC(=O)Cn1cc(NC2CCC(C(F)(F)F)CC2)cn1. The molecule has 0 radical (unpaired) electrons. The van der Waals surface area contributed by atoms with Gasteiger partial charge in [-0.15, -0.1) is 0 Å². The van der Waals surface area contributed by atoms with Crippen LogP contribution >= 0.6 is 0 Å². The van der Waals surface area contributed by atoms with E-state index in [1.54, 1.807) is 12.4 Å². The van der Waals surface area contributed by atoms with Crippen molar-refractivity contribution >= 4 is 11.6 Å². The average molecular weight is 290 g/mol. The molecular weight excluding hydrogens is 273 g/mol. The molecule has 0 aliphatic heterocycles. The molecule has 1 aromatic rings. The monoisotopic (exact) mass is 290 g/mol. The Morgan fingerprint density at radius 2 is 2.05 bits per heavy atom. The summed E-state index contributed by atoms with van der Waals surface area (Å²) in [6, 6.07) is 0.0137. The number of carbonyl (C=O) groups excluding carboxylic acids is 1. The number of nitrogens with one attached hydrogen (secondary N) is 1. The zero-order valence-electron chi connectivity index (χ0n) is 10.9. The highest BCUT2D eigenvalue weighted by atomic mass is 19.4. The summed E-state index contributed by atoms with van der Waals surface area (Å²) in [6.45, 7) is -0.0114. The van der Waals surface area contributed by atoms with Crippen molar-refractivity contribution in [3.63, 3.8) is 0 Å². The lowest BCUT2D eigenvalue weighted by Gasteiger charge is -2.30. The zero-order chi connectivity index (χ0) is 14.8. The molecule has 112 valence electrons. The van der Waals surface area contributed by atoms with E-state index in [0.717, 1.165) is 0 Å². The van der Waals surface area contributed by atoms with E-state index in [2.05, 4.69) is 10.4 Å². The number of carbonyl (C=O) groups is 1. The van der Waals surface area contributed by atoms with Crippen LogP contribution < -0.4 is 11.1 Å². The molecule has 0 atom stereocenters. The maximum Gasteiger partial charge on any atom is 0.391 e. The molecule has 0 unspecified atom stereocenters. The van der Waals surface area contributed by atoms with Crippen LogP contribution in [0.3, 0.4) is 0 Å². The zero-order valence-corrected chi connectivity index (χ0v) is 10.9. The van der Waals surface area contributed by atoms with Crippen LogP contribution in [0, 0.1) is 5.92 Å². The number of rotatable bonds is 4. The van der Waals surface area contributed by atoms with Gasteiger partial charge in [0.05, 0.1) is 17.8 Å². The highest BCUT2D eigenvalue weighted by Gasteiger charge is 2.41. The Bertz CT molecular complexity index is 464. The molecular formula is C12H17F3N4O. The Labute approximate surface area is 114 Å². The van der Waals surface area contributed by atoms with E-state index in [-0.39, 0.29) is 25.4 Å². The van der Waals surface area contributed by atoms with Crippen LogP contribution in [0.25, 0.3) is 0 Å². The summed E-state index contributed by atoms with van der Waals surface area (Å²) in [4.78, 5) is 10.7. The molecule has 20 heavy (non-hydrogen) atoms. The molecule has 0 bridgehead atoms. The predicted octanol–water partition coefficient (Wildman–Crippen LogP) is 1.90. The van der Waals surface area contributed by atoms with Crippen LogP contribution in [0.4, 0.5) is 18.9 Å². The number of aromatic nitrogens is 2. The molecule has 5 nitrogen and oxygen atoms in total. The Morgan fingerprint density at radius 1 is 1.40 bits per heavy atom. The van der Waals surface area contributed by atoms with Crippen molar-refractivity contribution in [2.24, 2.45) is 11.7 Å². The molecule has 0 aromatic carbocycles.